The van der Waals surface area contributed by atoms with Crippen LogP contribution in [-0.2, 0) is 22.1 Å². The van der Waals surface area contributed by atoms with E-state index in [9.17, 15) is 18.0 Å². The second-order valence-corrected chi connectivity index (χ2v) is 5.17. The molecule has 21 heavy (non-hydrogen) atoms. The third kappa shape index (κ3) is 5.13. The second kappa shape index (κ2) is 7.04. The van der Waals surface area contributed by atoms with Crippen LogP contribution in [0, 0.1) is 0 Å². The average Bonchev–Trinajstić information content (AvgIpc) is 2.46. The van der Waals surface area contributed by atoms with Gasteiger partial charge in [-0.05, 0) is 37.6 Å². The van der Waals surface area contributed by atoms with Crippen LogP contribution in [0.25, 0.3) is 0 Å². The van der Waals surface area contributed by atoms with E-state index in [-0.39, 0.29) is 24.9 Å². The molecule has 0 aliphatic carbocycles. The zero-order valence-corrected chi connectivity index (χ0v) is 11.6. The molecule has 1 aliphatic rings. The summed E-state index contributed by atoms with van der Waals surface area (Å²) in [4.78, 5) is 11.8. The van der Waals surface area contributed by atoms with Crippen LogP contribution >= 0.6 is 0 Å². The van der Waals surface area contributed by atoms with Crippen LogP contribution in [0.2, 0.25) is 0 Å². The van der Waals surface area contributed by atoms with Crippen molar-refractivity contribution in [1.29, 1.82) is 0 Å². The van der Waals surface area contributed by atoms with Crippen molar-refractivity contribution in [1.82, 2.24) is 5.32 Å². The number of halogens is 3. The summed E-state index contributed by atoms with van der Waals surface area (Å²) in [5.74, 6) is -0.201. The predicted molar refractivity (Wildman–Crippen MR) is 72.0 cm³/mol. The first-order chi connectivity index (χ1) is 9.95. The minimum absolute atomic E-state index is 0.0328. The monoisotopic (exact) mass is 301 g/mol. The maximum absolute atomic E-state index is 12.6. The summed E-state index contributed by atoms with van der Waals surface area (Å²) in [6, 6.07) is 4.86. The molecule has 2 rings (SSSR count). The van der Waals surface area contributed by atoms with E-state index in [0.29, 0.717) is 5.56 Å². The highest BCUT2D eigenvalue weighted by Gasteiger charge is 2.30. The Bertz CT molecular complexity index is 482. The maximum atomic E-state index is 12.6. The van der Waals surface area contributed by atoms with Crippen LogP contribution in [0.4, 0.5) is 13.2 Å². The highest BCUT2D eigenvalue weighted by atomic mass is 19.4. The van der Waals surface area contributed by atoms with E-state index < -0.39 is 11.7 Å². The number of carbonyl (C=O) groups excluding carboxylic acids is 1. The molecule has 0 amide bonds. The largest absolute Gasteiger partial charge is 0.416 e. The lowest BCUT2D eigenvalue weighted by Crippen LogP contribution is -2.33. The third-order valence-corrected chi connectivity index (χ3v) is 3.42. The van der Waals surface area contributed by atoms with Gasteiger partial charge in [-0.3, -0.25) is 4.79 Å². The molecule has 0 saturated carbocycles. The number of hydrogen-bond acceptors (Lipinski definition) is 3. The Labute approximate surface area is 121 Å². The Kier molecular flexibility index (Phi) is 5.36. The van der Waals surface area contributed by atoms with Gasteiger partial charge in [0, 0.05) is 6.42 Å². The fourth-order valence-corrected chi connectivity index (χ4v) is 2.31. The number of benzene rings is 1. The second-order valence-electron chi connectivity index (χ2n) is 5.17. The number of ketones is 1. The van der Waals surface area contributed by atoms with E-state index in [1.165, 1.54) is 12.1 Å². The minimum Gasteiger partial charge on any atom is -0.370 e. The highest BCUT2D eigenvalue weighted by Crippen LogP contribution is 2.29. The predicted octanol–water partition coefficient (Wildman–Crippen LogP) is 2.59. The molecular formula is C15H18F3NO2. The minimum atomic E-state index is -4.38. The number of nitrogens with one attached hydrogen (secondary N) is 1. The van der Waals surface area contributed by atoms with Crippen molar-refractivity contribution in [3.63, 3.8) is 0 Å². The van der Waals surface area contributed by atoms with Crippen molar-refractivity contribution in [2.75, 3.05) is 19.7 Å². The summed E-state index contributed by atoms with van der Waals surface area (Å²) in [6.07, 6.45) is -2.63. The van der Waals surface area contributed by atoms with Gasteiger partial charge in [0.15, 0.2) is 5.78 Å². The summed E-state index contributed by atoms with van der Waals surface area (Å²) in [6.45, 7) is 1.69. The van der Waals surface area contributed by atoms with E-state index in [0.717, 1.165) is 38.1 Å². The van der Waals surface area contributed by atoms with Gasteiger partial charge in [-0.25, -0.2) is 0 Å². The topological polar surface area (TPSA) is 38.3 Å². The number of piperidine rings is 1. The van der Waals surface area contributed by atoms with Crippen molar-refractivity contribution in [3.05, 3.63) is 35.4 Å². The Morgan fingerprint density at radius 2 is 2.00 bits per heavy atom. The Hall–Kier alpha value is -1.40. The van der Waals surface area contributed by atoms with Crippen molar-refractivity contribution >= 4 is 5.78 Å². The van der Waals surface area contributed by atoms with Gasteiger partial charge in [0.05, 0.1) is 11.7 Å². The van der Waals surface area contributed by atoms with Crippen molar-refractivity contribution in [2.24, 2.45) is 0 Å². The van der Waals surface area contributed by atoms with Gasteiger partial charge in [0.1, 0.15) is 6.61 Å². The molecule has 0 bridgehead atoms. The van der Waals surface area contributed by atoms with E-state index >= 15 is 0 Å². The van der Waals surface area contributed by atoms with Gasteiger partial charge in [-0.15, -0.1) is 0 Å². The molecule has 6 heteroatoms. The van der Waals surface area contributed by atoms with Crippen LogP contribution in [-0.4, -0.2) is 31.6 Å². The fourth-order valence-electron chi connectivity index (χ4n) is 2.31. The zero-order valence-electron chi connectivity index (χ0n) is 11.6. The van der Waals surface area contributed by atoms with Crippen LogP contribution in [0.1, 0.15) is 24.0 Å². The van der Waals surface area contributed by atoms with E-state index in [1.54, 1.807) is 0 Å². The molecule has 1 saturated heterocycles. The quantitative estimate of drug-likeness (QED) is 0.908. The summed E-state index contributed by atoms with van der Waals surface area (Å²) < 4.78 is 43.2. The molecule has 1 aliphatic heterocycles. The Morgan fingerprint density at radius 1 is 1.29 bits per heavy atom. The van der Waals surface area contributed by atoms with Crippen molar-refractivity contribution < 1.29 is 22.7 Å². The smallest absolute Gasteiger partial charge is 0.370 e. The van der Waals surface area contributed by atoms with Crippen molar-refractivity contribution in [3.8, 4) is 0 Å². The number of rotatable bonds is 5. The normalized spacial score (nSPS) is 16.9. The Morgan fingerprint density at radius 3 is 2.67 bits per heavy atom. The van der Waals surface area contributed by atoms with Gasteiger partial charge in [-0.2, -0.15) is 13.2 Å². The summed E-state index contributed by atoms with van der Waals surface area (Å²) in [5, 5.41) is 3.19. The van der Waals surface area contributed by atoms with Gasteiger partial charge >= 0.3 is 6.18 Å². The van der Waals surface area contributed by atoms with Crippen LogP contribution < -0.4 is 5.32 Å². The molecule has 116 valence electrons. The SMILES string of the molecule is O=C(COC1CCNCC1)Cc1cccc(C(F)(F)F)c1. The fraction of sp³-hybridized carbons (Fsp3) is 0.533. The standard InChI is InChI=1S/C15H18F3NO2/c16-15(17,18)12-3-1-2-11(8-12)9-13(20)10-21-14-4-6-19-7-5-14/h1-3,8,14,19H,4-7,9-10H2. The van der Waals surface area contributed by atoms with Crippen molar-refractivity contribution in [2.45, 2.75) is 31.5 Å². The molecule has 1 N–H and O–H groups in total. The first kappa shape index (κ1) is 16.0. The van der Waals surface area contributed by atoms with Gasteiger partial charge in [0.25, 0.3) is 0 Å². The molecule has 3 nitrogen and oxygen atoms in total. The summed E-state index contributed by atoms with van der Waals surface area (Å²) >= 11 is 0. The van der Waals surface area contributed by atoms with Gasteiger partial charge < -0.3 is 10.1 Å². The summed E-state index contributed by atoms with van der Waals surface area (Å²) in [7, 11) is 0. The molecule has 0 aromatic heterocycles. The van der Waals surface area contributed by atoms with E-state index in [2.05, 4.69) is 5.32 Å². The number of carbonyl (C=O) groups is 1. The van der Waals surface area contributed by atoms with Gasteiger partial charge in [-0.1, -0.05) is 18.2 Å². The van der Waals surface area contributed by atoms with Crippen LogP contribution in [0.15, 0.2) is 24.3 Å². The maximum Gasteiger partial charge on any atom is 0.416 e. The number of hydrogen-bond donors (Lipinski definition) is 1. The number of alkyl halides is 3. The van der Waals surface area contributed by atoms with E-state index in [4.69, 9.17) is 4.74 Å². The molecule has 1 heterocycles. The molecule has 1 fully saturated rings. The lowest BCUT2D eigenvalue weighted by molar-refractivity contribution is -0.137. The molecule has 0 atom stereocenters. The first-order valence-corrected chi connectivity index (χ1v) is 6.95. The Balaban J connectivity index is 1.84. The average molecular weight is 301 g/mol. The molecule has 0 unspecified atom stereocenters. The molecular weight excluding hydrogens is 283 g/mol. The summed E-state index contributed by atoms with van der Waals surface area (Å²) in [5.41, 5.74) is -0.365. The first-order valence-electron chi connectivity index (χ1n) is 6.95. The molecule has 0 radical (unpaired) electrons. The van der Waals surface area contributed by atoms with Crippen LogP contribution in [0.3, 0.4) is 0 Å². The van der Waals surface area contributed by atoms with Gasteiger partial charge in [0.2, 0.25) is 0 Å². The lowest BCUT2D eigenvalue weighted by atomic mass is 10.1. The molecule has 1 aromatic carbocycles. The third-order valence-electron chi connectivity index (χ3n) is 3.42. The number of ether oxygens (including phenoxy) is 1. The zero-order chi connectivity index (χ0) is 15.3. The van der Waals surface area contributed by atoms with E-state index in [1.807, 2.05) is 0 Å². The lowest BCUT2D eigenvalue weighted by Gasteiger charge is -2.22. The number of Topliss-reactive ketones (excluding diaryl/α,β-unsaturated/α-hetero) is 1. The molecule has 1 aromatic rings. The van der Waals surface area contributed by atoms with Crippen LogP contribution in [0.5, 0.6) is 0 Å². The molecule has 0 spiro atoms. The highest BCUT2D eigenvalue weighted by molar-refractivity contribution is 5.82.